The van der Waals surface area contributed by atoms with E-state index in [0.717, 1.165) is 12.0 Å². The molecule has 15 heavy (non-hydrogen) atoms. The zero-order valence-corrected chi connectivity index (χ0v) is 9.12. The summed E-state index contributed by atoms with van der Waals surface area (Å²) < 4.78 is 0. The SMILES string of the molecule is Cc1cccc2c1[C@H]1CCC[C@H]1CC2=O. The van der Waals surface area contributed by atoms with Gasteiger partial charge in [0.2, 0.25) is 0 Å². The summed E-state index contributed by atoms with van der Waals surface area (Å²) in [6.45, 7) is 2.15. The Hall–Kier alpha value is -1.11. The molecule has 1 aromatic carbocycles. The number of carbonyl (C=O) groups is 1. The van der Waals surface area contributed by atoms with Gasteiger partial charge in [-0.3, -0.25) is 4.79 Å². The van der Waals surface area contributed by atoms with Crippen LogP contribution < -0.4 is 0 Å². The van der Waals surface area contributed by atoms with Gasteiger partial charge < -0.3 is 0 Å². The Kier molecular flexibility index (Phi) is 1.95. The average Bonchev–Trinajstić information content (AvgIpc) is 2.66. The lowest BCUT2D eigenvalue weighted by Gasteiger charge is -2.28. The molecular weight excluding hydrogens is 184 g/mol. The van der Waals surface area contributed by atoms with Crippen LogP contribution in [0.5, 0.6) is 0 Å². The lowest BCUT2D eigenvalue weighted by atomic mass is 9.75. The molecule has 1 nitrogen and oxygen atoms in total. The number of fused-ring (bicyclic) bond motifs is 3. The van der Waals surface area contributed by atoms with E-state index in [9.17, 15) is 4.79 Å². The number of Topliss-reactive ketones (excluding diaryl/α,β-unsaturated/α-hetero) is 1. The van der Waals surface area contributed by atoms with Crippen LogP contribution in [0.3, 0.4) is 0 Å². The minimum absolute atomic E-state index is 0.372. The fourth-order valence-corrected chi connectivity index (χ4v) is 3.43. The highest BCUT2D eigenvalue weighted by molar-refractivity contribution is 5.99. The van der Waals surface area contributed by atoms with Crippen molar-refractivity contribution in [1.82, 2.24) is 0 Å². The van der Waals surface area contributed by atoms with Gasteiger partial charge in [-0.2, -0.15) is 0 Å². The monoisotopic (exact) mass is 200 g/mol. The molecule has 2 aliphatic rings. The molecule has 0 heterocycles. The van der Waals surface area contributed by atoms with Crippen molar-refractivity contribution in [3.05, 3.63) is 34.9 Å². The molecule has 0 saturated heterocycles. The van der Waals surface area contributed by atoms with E-state index in [-0.39, 0.29) is 0 Å². The first-order chi connectivity index (χ1) is 7.27. The van der Waals surface area contributed by atoms with E-state index in [1.54, 1.807) is 0 Å². The summed E-state index contributed by atoms with van der Waals surface area (Å²) in [6, 6.07) is 6.17. The highest BCUT2D eigenvalue weighted by Crippen LogP contribution is 2.47. The van der Waals surface area contributed by atoms with Crippen molar-refractivity contribution in [3.8, 4) is 0 Å². The van der Waals surface area contributed by atoms with Gasteiger partial charge in [0.15, 0.2) is 5.78 Å². The molecule has 0 radical (unpaired) electrons. The normalized spacial score (nSPS) is 28.7. The number of hydrogen-bond acceptors (Lipinski definition) is 1. The fourth-order valence-electron chi connectivity index (χ4n) is 3.43. The molecule has 1 saturated carbocycles. The van der Waals surface area contributed by atoms with Gasteiger partial charge in [0, 0.05) is 12.0 Å². The summed E-state index contributed by atoms with van der Waals surface area (Å²) in [5.41, 5.74) is 3.70. The summed E-state index contributed by atoms with van der Waals surface area (Å²) in [5.74, 6) is 1.70. The Morgan fingerprint density at radius 2 is 2.13 bits per heavy atom. The van der Waals surface area contributed by atoms with Crippen LogP contribution in [0.1, 0.15) is 53.1 Å². The van der Waals surface area contributed by atoms with Gasteiger partial charge in [-0.25, -0.2) is 0 Å². The van der Waals surface area contributed by atoms with Crippen LogP contribution >= 0.6 is 0 Å². The van der Waals surface area contributed by atoms with E-state index >= 15 is 0 Å². The summed E-state index contributed by atoms with van der Waals surface area (Å²) in [4.78, 5) is 12.0. The van der Waals surface area contributed by atoms with Gasteiger partial charge in [0.25, 0.3) is 0 Å². The Bertz CT molecular complexity index is 419. The molecule has 3 rings (SSSR count). The maximum absolute atomic E-state index is 12.0. The highest BCUT2D eigenvalue weighted by Gasteiger charge is 2.37. The van der Waals surface area contributed by atoms with Crippen LogP contribution in [-0.4, -0.2) is 5.78 Å². The molecule has 0 amide bonds. The topological polar surface area (TPSA) is 17.1 Å². The number of carbonyl (C=O) groups excluding carboxylic acids is 1. The largest absolute Gasteiger partial charge is 0.294 e. The second-order valence-corrected chi connectivity index (χ2v) is 4.96. The van der Waals surface area contributed by atoms with E-state index in [4.69, 9.17) is 0 Å². The Morgan fingerprint density at radius 1 is 1.27 bits per heavy atom. The Labute approximate surface area is 90.5 Å². The standard InChI is InChI=1S/C14H16O/c1-9-4-2-7-12-13(15)8-10-5-3-6-11(10)14(9)12/h2,4,7,10-11H,3,5-6,8H2,1H3/t10-,11-/m0/s1. The lowest BCUT2D eigenvalue weighted by Crippen LogP contribution is -2.22. The van der Waals surface area contributed by atoms with Gasteiger partial charge in [-0.15, -0.1) is 0 Å². The van der Waals surface area contributed by atoms with E-state index in [0.29, 0.717) is 17.6 Å². The summed E-state index contributed by atoms with van der Waals surface area (Å²) >= 11 is 0. The van der Waals surface area contributed by atoms with Gasteiger partial charge >= 0.3 is 0 Å². The minimum atomic E-state index is 0.372. The zero-order chi connectivity index (χ0) is 10.4. The van der Waals surface area contributed by atoms with E-state index in [2.05, 4.69) is 13.0 Å². The van der Waals surface area contributed by atoms with Crippen molar-refractivity contribution in [1.29, 1.82) is 0 Å². The van der Waals surface area contributed by atoms with Gasteiger partial charge in [-0.1, -0.05) is 24.6 Å². The average molecular weight is 200 g/mol. The minimum Gasteiger partial charge on any atom is -0.294 e. The summed E-state index contributed by atoms with van der Waals surface area (Å²) in [5, 5.41) is 0. The number of aryl methyl sites for hydroxylation is 1. The molecule has 2 aliphatic carbocycles. The van der Waals surface area contributed by atoms with Crippen LogP contribution in [0.4, 0.5) is 0 Å². The van der Waals surface area contributed by atoms with Gasteiger partial charge in [-0.05, 0) is 42.7 Å². The first kappa shape index (κ1) is 9.14. The Morgan fingerprint density at radius 3 is 3.00 bits per heavy atom. The van der Waals surface area contributed by atoms with Crippen molar-refractivity contribution >= 4 is 5.78 Å². The molecule has 0 N–H and O–H groups in total. The molecule has 0 aromatic heterocycles. The van der Waals surface area contributed by atoms with E-state index in [1.807, 2.05) is 12.1 Å². The summed E-state index contributed by atoms with van der Waals surface area (Å²) in [6.07, 6.45) is 4.64. The van der Waals surface area contributed by atoms with Crippen molar-refractivity contribution < 1.29 is 4.79 Å². The number of hydrogen-bond donors (Lipinski definition) is 0. The van der Waals surface area contributed by atoms with E-state index in [1.165, 1.54) is 30.4 Å². The fraction of sp³-hybridized carbons (Fsp3) is 0.500. The highest BCUT2D eigenvalue weighted by atomic mass is 16.1. The van der Waals surface area contributed by atoms with Crippen molar-refractivity contribution in [2.45, 2.75) is 38.5 Å². The third-order valence-corrected chi connectivity index (χ3v) is 4.10. The molecule has 1 fully saturated rings. The molecule has 0 unspecified atom stereocenters. The summed E-state index contributed by atoms with van der Waals surface area (Å²) in [7, 11) is 0. The number of rotatable bonds is 0. The molecular formula is C14H16O. The number of ketones is 1. The molecule has 78 valence electrons. The predicted octanol–water partition coefficient (Wildman–Crippen LogP) is 3.47. The molecule has 2 atom stereocenters. The van der Waals surface area contributed by atoms with Crippen molar-refractivity contribution in [3.63, 3.8) is 0 Å². The third kappa shape index (κ3) is 1.26. The maximum Gasteiger partial charge on any atom is 0.163 e. The lowest BCUT2D eigenvalue weighted by molar-refractivity contribution is 0.0943. The van der Waals surface area contributed by atoms with Crippen molar-refractivity contribution in [2.24, 2.45) is 5.92 Å². The molecule has 0 spiro atoms. The second-order valence-electron chi connectivity index (χ2n) is 4.96. The van der Waals surface area contributed by atoms with Crippen LogP contribution in [0.25, 0.3) is 0 Å². The van der Waals surface area contributed by atoms with E-state index < -0.39 is 0 Å². The van der Waals surface area contributed by atoms with Gasteiger partial charge in [0.05, 0.1) is 0 Å². The van der Waals surface area contributed by atoms with Crippen LogP contribution in [0, 0.1) is 12.8 Å². The second kappa shape index (κ2) is 3.19. The van der Waals surface area contributed by atoms with Crippen molar-refractivity contribution in [2.75, 3.05) is 0 Å². The molecule has 0 aliphatic heterocycles. The van der Waals surface area contributed by atoms with Crippen LogP contribution in [0.2, 0.25) is 0 Å². The third-order valence-electron chi connectivity index (χ3n) is 4.10. The molecule has 1 aromatic rings. The van der Waals surface area contributed by atoms with Crippen LogP contribution in [0.15, 0.2) is 18.2 Å². The van der Waals surface area contributed by atoms with Gasteiger partial charge in [0.1, 0.15) is 0 Å². The first-order valence-corrected chi connectivity index (χ1v) is 5.90. The smallest absolute Gasteiger partial charge is 0.163 e. The van der Waals surface area contributed by atoms with Crippen LogP contribution in [-0.2, 0) is 0 Å². The predicted molar refractivity (Wildman–Crippen MR) is 60.2 cm³/mol. The molecule has 0 bridgehead atoms. The quantitative estimate of drug-likeness (QED) is 0.626. The molecule has 1 heteroatoms. The Balaban J connectivity index is 2.19. The zero-order valence-electron chi connectivity index (χ0n) is 9.12. The first-order valence-electron chi connectivity index (χ1n) is 5.90. The maximum atomic E-state index is 12.0. The number of benzene rings is 1.